The van der Waals surface area contributed by atoms with Crippen molar-refractivity contribution in [3.8, 4) is 0 Å². The van der Waals surface area contributed by atoms with Crippen molar-refractivity contribution in [1.82, 2.24) is 0 Å². The molecule has 17 heteroatoms. The van der Waals surface area contributed by atoms with Crippen LogP contribution in [0.3, 0.4) is 0 Å². The minimum absolute atomic E-state index is 0.0626. The molecule has 4 fully saturated rings. The highest BCUT2D eigenvalue weighted by atomic mass is 32.2. The number of thioether (sulfide) groups is 1. The van der Waals surface area contributed by atoms with E-state index < -0.39 is 86.0 Å². The summed E-state index contributed by atoms with van der Waals surface area (Å²) in [6, 6.07) is 76.7. The average Bonchev–Trinajstić information content (AvgIpc) is 0.777. The maximum atomic E-state index is 7.61. The van der Waals surface area contributed by atoms with E-state index >= 15 is 0 Å². The van der Waals surface area contributed by atoms with Crippen LogP contribution in [0.4, 0.5) is 0 Å². The van der Waals surface area contributed by atoms with E-state index in [1.54, 1.807) is 17.8 Å². The predicted octanol–water partition coefficient (Wildman–Crippen LogP) is 13.8. The molecule has 0 saturated carbocycles. The van der Waals surface area contributed by atoms with Crippen molar-refractivity contribution in [3.05, 3.63) is 299 Å². The van der Waals surface area contributed by atoms with Gasteiger partial charge < -0.3 is 75.8 Å². The fourth-order valence-electron chi connectivity index (χ4n) is 13.1. The first-order valence-electron chi connectivity index (χ1n) is 34.1. The largest absolute Gasteiger partial charge is 0.374 e. The Hall–Kier alpha value is -6.79. The second-order valence-corrected chi connectivity index (χ2v) is 26.4. The summed E-state index contributed by atoms with van der Waals surface area (Å²) in [7, 11) is 0. The first-order chi connectivity index (χ1) is 48.5. The number of hydrogen-bond donors (Lipinski definition) is 0. The number of fused-ring (bicyclic) bond motifs is 6. The van der Waals surface area contributed by atoms with Crippen molar-refractivity contribution in [3.63, 3.8) is 0 Å². The van der Waals surface area contributed by atoms with Crippen LogP contribution in [-0.4, -0.2) is 123 Å². The highest BCUT2D eigenvalue weighted by Gasteiger charge is 2.56. The summed E-state index contributed by atoms with van der Waals surface area (Å²) in [4.78, 5) is 0. The summed E-state index contributed by atoms with van der Waals surface area (Å²) >= 11 is 1.69. The fraction of sp³-hybridized carbons (Fsp3) is 0.383. The Kier molecular flexibility index (Phi) is 25.6. The summed E-state index contributed by atoms with van der Waals surface area (Å²) in [5.74, 6) is 0.815. The zero-order valence-electron chi connectivity index (χ0n) is 55.3. The number of benzene rings is 8. The van der Waals surface area contributed by atoms with Crippen molar-refractivity contribution < 1.29 is 75.8 Å². The van der Waals surface area contributed by atoms with Gasteiger partial charge >= 0.3 is 0 Å². The molecule has 0 unspecified atom stereocenters. The van der Waals surface area contributed by atoms with Crippen molar-refractivity contribution in [2.45, 2.75) is 164 Å². The predicted molar refractivity (Wildman–Crippen MR) is 370 cm³/mol. The van der Waals surface area contributed by atoms with Crippen LogP contribution in [0.15, 0.2) is 243 Å². The van der Waals surface area contributed by atoms with E-state index in [-0.39, 0.29) is 84.2 Å². The minimum Gasteiger partial charge on any atom is -0.374 e. The van der Waals surface area contributed by atoms with Gasteiger partial charge in [0.25, 0.3) is 0 Å². The molecule has 98 heavy (non-hydrogen) atoms. The van der Waals surface area contributed by atoms with E-state index in [0.29, 0.717) is 13.2 Å². The van der Waals surface area contributed by atoms with Gasteiger partial charge in [0, 0.05) is 5.56 Å². The van der Waals surface area contributed by atoms with Crippen LogP contribution < -0.4 is 0 Å². The molecule has 0 amide bonds. The molecule has 4 bridgehead atoms. The van der Waals surface area contributed by atoms with E-state index in [1.807, 2.05) is 200 Å². The number of ether oxygens (including phenoxy) is 16. The third-order valence-corrected chi connectivity index (χ3v) is 19.0. The van der Waals surface area contributed by atoms with Crippen molar-refractivity contribution >= 4 is 11.8 Å². The summed E-state index contributed by atoms with van der Waals surface area (Å²) in [6.45, 7) is 9.10. The van der Waals surface area contributed by atoms with Gasteiger partial charge in [-0.25, -0.2) is 0 Å². The molecular weight excluding hydrogens is 1260 g/mol. The molecule has 5 aliphatic rings. The van der Waals surface area contributed by atoms with Crippen LogP contribution in [0.2, 0.25) is 0 Å². The van der Waals surface area contributed by atoms with Gasteiger partial charge in [0.2, 0.25) is 0 Å². The Morgan fingerprint density at radius 1 is 0.408 bits per heavy atom. The Morgan fingerprint density at radius 3 is 1.50 bits per heavy atom. The van der Waals surface area contributed by atoms with Crippen LogP contribution >= 0.6 is 11.8 Å². The lowest BCUT2D eigenvalue weighted by Crippen LogP contribution is -2.66. The molecule has 4 saturated heterocycles. The van der Waals surface area contributed by atoms with E-state index in [4.69, 9.17) is 75.8 Å². The maximum Gasteiger partial charge on any atom is 0.187 e. The summed E-state index contributed by atoms with van der Waals surface area (Å²) in [5.41, 5.74) is 9.22. The first kappa shape index (κ1) is 69.7. The molecule has 0 radical (unpaired) electrons. The summed E-state index contributed by atoms with van der Waals surface area (Å²) in [5, 5.41) is 0. The average molecular weight is 1350 g/mol. The van der Waals surface area contributed by atoms with Crippen LogP contribution in [-0.2, 0) is 135 Å². The standard InChI is InChI=1S/C81H88O16S/c1-3-41-84-69-66(53-82-44-61-35-24-38-64(43-61)52-87-74-71-68(55-92-78(96-71)65-39-21-10-22-40-65)95-81(98-4-2)77(74)90-49-59-31-17-8-18-32-59)94-80-76(89-48-58-29-15-7-16-30-58)72(69)86-51-63-37-23-36-62(42-63)45-83-54-67-70(97-80)73(85-46-56-25-11-5-12-26-56)75(88-47-57-27-13-6-14-28-57)79(93-67)91-50-60-33-19-9-20-34-60/h3,5-40,42-43,66-81H,1,4,41,44-55H2,2H3/t66-,67-,68-,69-,70-,71-,72+,73+,74+,75-,76-,77-,78-,79+,80-,81+/m1/s1. The van der Waals surface area contributed by atoms with Gasteiger partial charge in [-0.15, -0.1) is 18.3 Å². The molecule has 16 nitrogen and oxygen atoms in total. The van der Waals surface area contributed by atoms with Gasteiger partial charge in [-0.2, -0.15) is 0 Å². The van der Waals surface area contributed by atoms with Gasteiger partial charge in [0.05, 0.1) is 85.9 Å². The molecule has 8 aromatic carbocycles. The number of hydrogen-bond acceptors (Lipinski definition) is 17. The van der Waals surface area contributed by atoms with Crippen molar-refractivity contribution in [2.75, 3.05) is 32.2 Å². The molecular formula is C81H88O16S. The molecule has 8 aromatic rings. The maximum absolute atomic E-state index is 7.61. The van der Waals surface area contributed by atoms with E-state index in [0.717, 1.165) is 61.4 Å². The van der Waals surface area contributed by atoms with Gasteiger partial charge in [0.1, 0.15) is 78.7 Å². The fourth-order valence-corrected chi connectivity index (χ4v) is 14.1. The molecule has 5 aliphatic heterocycles. The monoisotopic (exact) mass is 1350 g/mol. The third-order valence-electron chi connectivity index (χ3n) is 17.9. The van der Waals surface area contributed by atoms with E-state index in [2.05, 4.69) is 43.8 Å². The lowest BCUT2D eigenvalue weighted by Gasteiger charge is -2.50. The first-order valence-corrected chi connectivity index (χ1v) is 35.1. The van der Waals surface area contributed by atoms with Gasteiger partial charge in [-0.05, 0) is 55.8 Å². The summed E-state index contributed by atoms with van der Waals surface area (Å²) < 4.78 is 112. The Balaban J connectivity index is 0.805. The van der Waals surface area contributed by atoms with Gasteiger partial charge in [-0.1, -0.05) is 244 Å². The highest BCUT2D eigenvalue weighted by Crippen LogP contribution is 2.41. The van der Waals surface area contributed by atoms with Gasteiger partial charge in [0.15, 0.2) is 18.9 Å². The third kappa shape index (κ3) is 18.8. The van der Waals surface area contributed by atoms with Crippen LogP contribution in [0, 0.1) is 0 Å². The lowest BCUT2D eigenvalue weighted by molar-refractivity contribution is -0.378. The Morgan fingerprint density at radius 2 is 0.898 bits per heavy atom. The van der Waals surface area contributed by atoms with E-state index in [1.165, 1.54) is 0 Å². The zero-order chi connectivity index (χ0) is 66.5. The minimum atomic E-state index is -1.14. The molecule has 5 heterocycles. The normalized spacial score (nSPS) is 28.0. The van der Waals surface area contributed by atoms with Gasteiger partial charge in [-0.3, -0.25) is 0 Å². The molecule has 0 aliphatic carbocycles. The lowest BCUT2D eigenvalue weighted by atomic mass is 9.95. The van der Waals surface area contributed by atoms with Crippen molar-refractivity contribution in [1.29, 1.82) is 0 Å². The van der Waals surface area contributed by atoms with E-state index in [9.17, 15) is 0 Å². The van der Waals surface area contributed by atoms with Crippen LogP contribution in [0.25, 0.3) is 0 Å². The smallest absolute Gasteiger partial charge is 0.187 e. The highest BCUT2D eigenvalue weighted by molar-refractivity contribution is 7.99. The SMILES string of the molecule is C=CCO[C@H]1[C@@H]2OCc3cccc(c3)COC[C@H]3O[C@H](OCc4ccccc4)[C@H](OCc4ccccc4)[C@@H](OCc4ccccc4)[C@@H]3O[C@@H](O[C@@H]1COCc1cccc(CO[C@@H]3[C@@H](OCc4ccccc4)[C@H](SCC)O[C@@H]4CO[C@@H](c5ccccc5)O[C@@H]34)c1)[C@@H]2OCc1ccccc1. The molecule has 0 N–H and O–H groups in total. The molecule has 13 rings (SSSR count). The second-order valence-electron chi connectivity index (χ2n) is 25.0. The number of rotatable bonds is 28. The molecule has 0 aromatic heterocycles. The Labute approximate surface area is 579 Å². The summed E-state index contributed by atoms with van der Waals surface area (Å²) in [6.07, 6.45) is -9.47. The quantitative estimate of drug-likeness (QED) is 0.0428. The topological polar surface area (TPSA) is 148 Å². The molecule has 16 atom stereocenters. The second kappa shape index (κ2) is 36.0. The molecule has 0 spiro atoms. The Bertz CT molecular complexity index is 3620. The van der Waals surface area contributed by atoms with Crippen LogP contribution in [0.5, 0.6) is 0 Å². The van der Waals surface area contributed by atoms with Crippen molar-refractivity contribution in [2.24, 2.45) is 0 Å². The molecule has 514 valence electrons. The zero-order valence-corrected chi connectivity index (χ0v) is 56.1. The van der Waals surface area contributed by atoms with Crippen LogP contribution in [0.1, 0.15) is 68.8 Å².